The van der Waals surface area contributed by atoms with Crippen molar-refractivity contribution in [1.29, 1.82) is 0 Å². The van der Waals surface area contributed by atoms with Gasteiger partial charge in [-0.15, -0.1) is 0 Å². The maximum absolute atomic E-state index is 5.74. The highest BCUT2D eigenvalue weighted by Crippen LogP contribution is 2.24. The summed E-state index contributed by atoms with van der Waals surface area (Å²) in [5, 5.41) is 0. The molecule has 0 aliphatic carbocycles. The first-order valence-electron chi connectivity index (χ1n) is 6.59. The average Bonchev–Trinajstić information content (AvgIpc) is 2.63. The van der Waals surface area contributed by atoms with Crippen molar-refractivity contribution in [2.75, 3.05) is 18.0 Å². The van der Waals surface area contributed by atoms with E-state index in [1.807, 2.05) is 6.20 Å². The standard InChI is InChI=1S/C13H22N4/c1-2-11-4-3-6-17(7-5-11)13-12(8-14)9-15-10-16-13/h9-11H,2-8,14H2,1H3. The molecule has 1 aliphatic heterocycles. The number of anilines is 1. The highest BCUT2D eigenvalue weighted by Gasteiger charge is 2.18. The molecule has 0 amide bonds. The van der Waals surface area contributed by atoms with Crippen LogP contribution in [0.15, 0.2) is 12.5 Å². The van der Waals surface area contributed by atoms with Crippen molar-refractivity contribution < 1.29 is 0 Å². The van der Waals surface area contributed by atoms with E-state index in [1.54, 1.807) is 6.33 Å². The quantitative estimate of drug-likeness (QED) is 0.868. The predicted octanol–water partition coefficient (Wildman–Crippen LogP) is 1.95. The van der Waals surface area contributed by atoms with Crippen LogP contribution in [-0.4, -0.2) is 23.1 Å². The van der Waals surface area contributed by atoms with Gasteiger partial charge in [-0.1, -0.05) is 13.3 Å². The molecule has 2 heterocycles. The molecule has 0 spiro atoms. The summed E-state index contributed by atoms with van der Waals surface area (Å²) in [7, 11) is 0. The average molecular weight is 234 g/mol. The van der Waals surface area contributed by atoms with Gasteiger partial charge in [0.2, 0.25) is 0 Å². The molecule has 1 atom stereocenters. The second kappa shape index (κ2) is 5.96. The smallest absolute Gasteiger partial charge is 0.136 e. The van der Waals surface area contributed by atoms with E-state index in [4.69, 9.17) is 5.73 Å². The summed E-state index contributed by atoms with van der Waals surface area (Å²) < 4.78 is 0. The van der Waals surface area contributed by atoms with Gasteiger partial charge in [-0.05, 0) is 25.2 Å². The van der Waals surface area contributed by atoms with Crippen molar-refractivity contribution in [3.8, 4) is 0 Å². The first kappa shape index (κ1) is 12.3. The molecule has 2 rings (SSSR count). The zero-order valence-electron chi connectivity index (χ0n) is 10.6. The van der Waals surface area contributed by atoms with Gasteiger partial charge in [0.1, 0.15) is 12.1 Å². The van der Waals surface area contributed by atoms with Crippen LogP contribution >= 0.6 is 0 Å². The fraction of sp³-hybridized carbons (Fsp3) is 0.692. The number of hydrogen-bond donors (Lipinski definition) is 1. The Morgan fingerprint density at radius 3 is 3.06 bits per heavy atom. The van der Waals surface area contributed by atoms with Crippen LogP contribution in [0.25, 0.3) is 0 Å². The summed E-state index contributed by atoms with van der Waals surface area (Å²) in [6, 6.07) is 0. The summed E-state index contributed by atoms with van der Waals surface area (Å²) in [6.45, 7) is 5.00. The van der Waals surface area contributed by atoms with E-state index in [9.17, 15) is 0 Å². The molecule has 1 aromatic rings. The number of nitrogens with two attached hydrogens (primary N) is 1. The van der Waals surface area contributed by atoms with Gasteiger partial charge >= 0.3 is 0 Å². The van der Waals surface area contributed by atoms with Crippen molar-refractivity contribution in [3.63, 3.8) is 0 Å². The lowest BCUT2D eigenvalue weighted by molar-refractivity contribution is 0.459. The van der Waals surface area contributed by atoms with E-state index in [2.05, 4.69) is 21.8 Å². The minimum absolute atomic E-state index is 0.518. The maximum Gasteiger partial charge on any atom is 0.136 e. The summed E-state index contributed by atoms with van der Waals surface area (Å²) >= 11 is 0. The Labute approximate surface area is 103 Å². The van der Waals surface area contributed by atoms with Crippen LogP contribution in [0.3, 0.4) is 0 Å². The molecule has 2 N–H and O–H groups in total. The van der Waals surface area contributed by atoms with Gasteiger partial charge in [-0.2, -0.15) is 0 Å². The minimum Gasteiger partial charge on any atom is -0.356 e. The second-order valence-electron chi connectivity index (χ2n) is 4.77. The first-order chi connectivity index (χ1) is 8.35. The molecule has 0 radical (unpaired) electrons. The molecule has 94 valence electrons. The van der Waals surface area contributed by atoms with Crippen molar-refractivity contribution in [1.82, 2.24) is 9.97 Å². The molecule has 0 saturated carbocycles. The first-order valence-corrected chi connectivity index (χ1v) is 6.59. The molecule has 0 aromatic carbocycles. The van der Waals surface area contributed by atoms with Crippen molar-refractivity contribution in [3.05, 3.63) is 18.1 Å². The fourth-order valence-corrected chi connectivity index (χ4v) is 2.57. The van der Waals surface area contributed by atoms with Gasteiger partial charge in [0.05, 0.1) is 0 Å². The van der Waals surface area contributed by atoms with Crippen LogP contribution in [0.4, 0.5) is 5.82 Å². The van der Waals surface area contributed by atoms with E-state index >= 15 is 0 Å². The molecule has 1 unspecified atom stereocenters. The number of nitrogens with zero attached hydrogens (tertiary/aromatic N) is 3. The molecule has 17 heavy (non-hydrogen) atoms. The third kappa shape index (κ3) is 2.94. The van der Waals surface area contributed by atoms with Gasteiger partial charge in [0, 0.05) is 31.4 Å². The molecular weight excluding hydrogens is 212 g/mol. The molecule has 1 aromatic heterocycles. The van der Waals surface area contributed by atoms with Gasteiger partial charge < -0.3 is 10.6 Å². The second-order valence-corrected chi connectivity index (χ2v) is 4.77. The van der Waals surface area contributed by atoms with E-state index in [1.165, 1.54) is 25.7 Å². The third-order valence-corrected chi connectivity index (χ3v) is 3.71. The van der Waals surface area contributed by atoms with Crippen molar-refractivity contribution in [2.24, 2.45) is 11.7 Å². The van der Waals surface area contributed by atoms with Crippen LogP contribution in [0.5, 0.6) is 0 Å². The lowest BCUT2D eigenvalue weighted by atomic mass is 9.98. The molecular formula is C13H22N4. The summed E-state index contributed by atoms with van der Waals surface area (Å²) in [4.78, 5) is 10.8. The molecule has 1 saturated heterocycles. The number of hydrogen-bond acceptors (Lipinski definition) is 4. The van der Waals surface area contributed by atoms with E-state index < -0.39 is 0 Å². The minimum atomic E-state index is 0.518. The number of rotatable bonds is 3. The Balaban J connectivity index is 2.11. The van der Waals surface area contributed by atoms with Gasteiger partial charge in [-0.25, -0.2) is 9.97 Å². The van der Waals surface area contributed by atoms with Crippen LogP contribution in [0, 0.1) is 5.92 Å². The van der Waals surface area contributed by atoms with Crippen LogP contribution in [0.1, 0.15) is 38.2 Å². The van der Waals surface area contributed by atoms with E-state index in [0.29, 0.717) is 6.54 Å². The topological polar surface area (TPSA) is 55.0 Å². The summed E-state index contributed by atoms with van der Waals surface area (Å²) in [5.41, 5.74) is 6.80. The molecule has 4 heteroatoms. The molecule has 0 bridgehead atoms. The summed E-state index contributed by atoms with van der Waals surface area (Å²) in [5.74, 6) is 1.92. The SMILES string of the molecule is CCC1CCCN(c2ncncc2CN)CC1. The highest BCUT2D eigenvalue weighted by atomic mass is 15.2. The van der Waals surface area contributed by atoms with Gasteiger partial charge in [-0.3, -0.25) is 0 Å². The van der Waals surface area contributed by atoms with Crippen molar-refractivity contribution >= 4 is 5.82 Å². The van der Waals surface area contributed by atoms with Crippen LogP contribution in [-0.2, 0) is 6.54 Å². The Morgan fingerprint density at radius 2 is 2.29 bits per heavy atom. The normalized spacial score (nSPS) is 21.3. The summed E-state index contributed by atoms with van der Waals surface area (Å²) in [6.07, 6.45) is 8.62. The largest absolute Gasteiger partial charge is 0.356 e. The van der Waals surface area contributed by atoms with E-state index in [0.717, 1.165) is 30.4 Å². The van der Waals surface area contributed by atoms with Crippen LogP contribution in [0.2, 0.25) is 0 Å². The Morgan fingerprint density at radius 1 is 1.41 bits per heavy atom. The van der Waals surface area contributed by atoms with E-state index in [-0.39, 0.29) is 0 Å². The Bertz CT molecular complexity index is 353. The lowest BCUT2D eigenvalue weighted by Gasteiger charge is -2.23. The zero-order valence-corrected chi connectivity index (χ0v) is 10.6. The van der Waals surface area contributed by atoms with Gasteiger partial charge in [0.25, 0.3) is 0 Å². The fourth-order valence-electron chi connectivity index (χ4n) is 2.57. The Hall–Kier alpha value is -1.16. The van der Waals surface area contributed by atoms with Crippen molar-refractivity contribution in [2.45, 2.75) is 39.2 Å². The number of aromatic nitrogens is 2. The Kier molecular flexibility index (Phi) is 4.31. The predicted molar refractivity (Wildman–Crippen MR) is 69.8 cm³/mol. The van der Waals surface area contributed by atoms with Crippen LogP contribution < -0.4 is 10.6 Å². The lowest BCUT2D eigenvalue weighted by Crippen LogP contribution is -2.27. The molecule has 1 fully saturated rings. The zero-order chi connectivity index (χ0) is 12.1. The monoisotopic (exact) mass is 234 g/mol. The molecule has 4 nitrogen and oxygen atoms in total. The highest BCUT2D eigenvalue weighted by molar-refractivity contribution is 5.45. The third-order valence-electron chi connectivity index (χ3n) is 3.71. The molecule has 1 aliphatic rings. The maximum atomic E-state index is 5.74. The van der Waals surface area contributed by atoms with Gasteiger partial charge in [0.15, 0.2) is 0 Å².